The number of carbonyl (C=O) groups is 3. The Bertz CT molecular complexity index is 8450. The van der Waals surface area contributed by atoms with E-state index >= 15 is 13.2 Å². The molecule has 1 saturated heterocycles. The summed E-state index contributed by atoms with van der Waals surface area (Å²) in [5, 5.41) is 8.80. The molecule has 0 radical (unpaired) electrons. The number of nitrogens with one attached hydrogen (secondary N) is 2. The predicted molar refractivity (Wildman–Crippen MR) is 564 cm³/mol. The van der Waals surface area contributed by atoms with E-state index in [9.17, 15) is 14.4 Å². The summed E-state index contributed by atoms with van der Waals surface area (Å²) in [7, 11) is 9.25. The van der Waals surface area contributed by atoms with E-state index in [0.29, 0.717) is 107 Å². The van der Waals surface area contributed by atoms with Crippen molar-refractivity contribution in [3.05, 3.63) is 299 Å². The van der Waals surface area contributed by atoms with Crippen molar-refractivity contribution >= 4 is 90.4 Å². The van der Waals surface area contributed by atoms with Crippen molar-refractivity contribution in [1.29, 1.82) is 0 Å². The molecule has 5 aromatic carbocycles. The van der Waals surface area contributed by atoms with Gasteiger partial charge in [-0.3, -0.25) is 14.4 Å². The number of nitrogen functional groups attached to an aromatic ring is 2. The van der Waals surface area contributed by atoms with Gasteiger partial charge < -0.3 is 59.5 Å². The Morgan fingerprint density at radius 3 is 1.44 bits per heavy atom. The van der Waals surface area contributed by atoms with Crippen LogP contribution in [0.5, 0.6) is 29.3 Å². The number of pyridine rings is 2. The van der Waals surface area contributed by atoms with Gasteiger partial charge in [0.25, 0.3) is 11.8 Å². The second-order valence-electron chi connectivity index (χ2n) is 36.1. The topological polar surface area (TPSA) is 384 Å². The molecule has 1 aliphatic heterocycles. The van der Waals surface area contributed by atoms with Crippen molar-refractivity contribution in [3.63, 3.8) is 0 Å². The first-order valence-electron chi connectivity index (χ1n) is 47.2. The summed E-state index contributed by atoms with van der Waals surface area (Å²) < 4.78 is 70.9. The van der Waals surface area contributed by atoms with E-state index in [1.165, 1.54) is 49.1 Å². The van der Waals surface area contributed by atoms with Crippen LogP contribution in [0.4, 0.5) is 36.2 Å². The molecule has 738 valence electrons. The molecular weight excluding hydrogens is 1860 g/mol. The number of rotatable bonds is 20. The maximum Gasteiger partial charge on any atom is 0.322 e. The van der Waals surface area contributed by atoms with Gasteiger partial charge in [-0.2, -0.15) is 0 Å². The fourth-order valence-corrected chi connectivity index (χ4v) is 18.8. The number of hydrogen-bond acceptors (Lipinski definition) is 24. The van der Waals surface area contributed by atoms with Gasteiger partial charge >= 0.3 is 12.0 Å². The van der Waals surface area contributed by atoms with Gasteiger partial charge in [0.15, 0.2) is 23.1 Å². The molecule has 6 N–H and O–H groups in total. The third-order valence-electron chi connectivity index (χ3n) is 25.9. The number of terminal acetylenes is 2. The first-order chi connectivity index (χ1) is 70.7. The first kappa shape index (κ1) is 100. The number of anilines is 4. The number of aromatic nitrogens is 20. The van der Waals surface area contributed by atoms with Crippen molar-refractivity contribution in [2.75, 3.05) is 42.3 Å². The Morgan fingerprint density at radius 2 is 0.939 bits per heavy atom. The third kappa shape index (κ3) is 20.5. The molecule has 14 heterocycles. The summed E-state index contributed by atoms with van der Waals surface area (Å²) >= 11 is 0. The molecule has 20 rings (SSSR count). The lowest BCUT2D eigenvalue weighted by Crippen LogP contribution is -2.34. The van der Waals surface area contributed by atoms with Gasteiger partial charge in [-0.25, -0.2) is 92.9 Å². The molecule has 147 heavy (non-hydrogen) atoms. The highest BCUT2D eigenvalue weighted by molar-refractivity contribution is 6.11. The standard InChI is InChI=1S/C29H26FN7O.C29H34N6O2.C28H23FN6O.C27H21FN6O2/c1-16(2)29(38)36-21-9-7-18(8-10-21)26-24(25-27(31)33-15-34-28(25)37(26)4)20-6-5-19(22(30)13-20)14-23-32-12-11-17(3)35-23;1-17(2)28(36)33-21-11-12-22(18(3)15-21)25-23(24-26(30)31-16-32-27(24)34(25)4)19-7-9-20(10-8-19)29(37)35-13-5-6-14-35;1-7-20-12-15(2)23(18(5)34-20)26-25(24-17(4)31-14-32-27(24)35(26)6)19-8-9-22(21(29)13-19)36-28-30-11-10-16(3)33-28;1-6-18-12-22(35-5)19(13-30-18)25-24(23-16(3)31-14-32-26(23)34(25)4)17-7-8-21(20(28)11-17)36-27-29-10-9-15(2)33-27/h5-13,15H,1,14H2,2-4H3,(H,36,38)(H2,31,33,34);7,11-12,15-16,20H,1,5-6,8-10,13-14H2,2-4H3,(H,33,36)(H2,30,31,32);1,8-14H,2-6H3;1,7-14H,2-5H3/t;20-;;/m.0../s1. The van der Waals surface area contributed by atoms with E-state index in [1.807, 2.05) is 144 Å². The van der Waals surface area contributed by atoms with Gasteiger partial charge in [-0.1, -0.05) is 73.5 Å². The molecule has 1 fully saturated rings. The molecule has 0 saturated carbocycles. The van der Waals surface area contributed by atoms with Crippen LogP contribution in [0.2, 0.25) is 0 Å². The average Bonchev–Trinajstić information content (AvgIpc) is 1.60. The molecule has 0 unspecified atom stereocenters. The number of allylic oxidation sites excluding steroid dienone is 2. The number of methoxy groups -OCH3 is 1. The first-order valence-corrected chi connectivity index (χ1v) is 47.2. The van der Waals surface area contributed by atoms with E-state index in [0.717, 1.165) is 174 Å². The Labute approximate surface area is 845 Å². The van der Waals surface area contributed by atoms with Gasteiger partial charge in [-0.05, 0) is 225 Å². The molecule has 0 spiro atoms. The normalized spacial score (nSPS) is 12.7. The summed E-state index contributed by atoms with van der Waals surface area (Å²) in [6, 6.07) is 36.9. The van der Waals surface area contributed by atoms with E-state index in [-0.39, 0.29) is 59.4 Å². The van der Waals surface area contributed by atoms with Crippen molar-refractivity contribution in [2.24, 2.45) is 34.1 Å². The van der Waals surface area contributed by atoms with Crippen LogP contribution >= 0.6 is 0 Å². The molecule has 1 aliphatic carbocycles. The van der Waals surface area contributed by atoms with E-state index in [4.69, 9.17) is 38.5 Å². The number of hydrogen-bond donors (Lipinski definition) is 4. The molecule has 31 nitrogen and oxygen atoms in total. The molecule has 18 aromatic rings. The maximum atomic E-state index is 15.4. The largest absolute Gasteiger partial charge is 0.496 e. The highest BCUT2D eigenvalue weighted by atomic mass is 19.1. The van der Waals surface area contributed by atoms with Gasteiger partial charge in [0.2, 0.25) is 5.91 Å². The van der Waals surface area contributed by atoms with Crippen LogP contribution in [0.3, 0.4) is 0 Å². The van der Waals surface area contributed by atoms with E-state index in [1.54, 1.807) is 113 Å². The zero-order chi connectivity index (χ0) is 104. The van der Waals surface area contributed by atoms with E-state index < -0.39 is 11.6 Å². The minimum Gasteiger partial charge on any atom is -0.496 e. The lowest BCUT2D eigenvalue weighted by Gasteiger charge is -2.26. The number of benzene rings is 5. The third-order valence-corrected chi connectivity index (χ3v) is 25.9. The number of ether oxygens (including phenoxy) is 3. The van der Waals surface area contributed by atoms with Crippen molar-refractivity contribution in [2.45, 2.75) is 108 Å². The smallest absolute Gasteiger partial charge is 0.322 e. The highest BCUT2D eigenvalue weighted by Gasteiger charge is 2.34. The second-order valence-corrected chi connectivity index (χ2v) is 36.1. The van der Waals surface area contributed by atoms with Crippen molar-refractivity contribution in [3.8, 4) is 132 Å². The van der Waals surface area contributed by atoms with E-state index in [2.05, 4.69) is 126 Å². The molecule has 3 amide bonds. The summed E-state index contributed by atoms with van der Waals surface area (Å²) in [5.41, 5.74) is 39.0. The number of carbonyl (C=O) groups excluding carboxylic acids is 3. The van der Waals surface area contributed by atoms with Crippen LogP contribution in [0.25, 0.3) is 128 Å². The van der Waals surface area contributed by atoms with Crippen LogP contribution in [0.1, 0.15) is 120 Å². The zero-order valence-corrected chi connectivity index (χ0v) is 83.8. The fourth-order valence-electron chi connectivity index (χ4n) is 18.8. The van der Waals surface area contributed by atoms with Gasteiger partial charge in [0.1, 0.15) is 88.3 Å². The van der Waals surface area contributed by atoms with Crippen LogP contribution in [0.15, 0.2) is 208 Å². The van der Waals surface area contributed by atoms with Crippen LogP contribution < -0.4 is 36.3 Å². The van der Waals surface area contributed by atoms with Gasteiger partial charge in [-0.15, -0.1) is 12.8 Å². The summed E-state index contributed by atoms with van der Waals surface area (Å²) in [6.45, 7) is 27.7. The monoisotopic (exact) mass is 1960 g/mol. The Hall–Kier alpha value is -18.3. The van der Waals surface area contributed by atoms with Gasteiger partial charge in [0, 0.05) is 174 Å². The molecule has 2 aliphatic rings. The molecule has 0 bridgehead atoms. The Balaban J connectivity index is 0.000000134. The van der Waals surface area contributed by atoms with Crippen LogP contribution in [0, 0.1) is 103 Å². The molecule has 34 heteroatoms. The molecule has 1 atom stereocenters. The van der Waals surface area contributed by atoms with Gasteiger partial charge in [0.05, 0.1) is 57.6 Å². The van der Waals surface area contributed by atoms with Crippen molar-refractivity contribution < 1.29 is 41.8 Å². The number of fused-ring (bicyclic) bond motifs is 4. The summed E-state index contributed by atoms with van der Waals surface area (Å²) in [6.07, 6.45) is 30.5. The number of nitrogens with two attached hydrogens (primary N) is 2. The maximum absolute atomic E-state index is 15.4. The quantitative estimate of drug-likeness (QED) is 0.0407. The Kier molecular flexibility index (Phi) is 28.9. The predicted octanol–water partition coefficient (Wildman–Crippen LogP) is 20.7. The lowest BCUT2D eigenvalue weighted by molar-refractivity contribution is -0.134. The SMILES string of the molecule is C#Cc1cc(C)c(-c2c(-c3ccc(Oc4nccc(C)n4)c(F)c3)c3c(C)ncnc3n2C)c(C)n1.C#Cc1cc(OC)c(-c2c(-c3ccc(Oc4nccc(C)n4)c(F)c3)c3c(C)ncnc3n2C)cn1.C=C(C)C(=O)Nc1ccc(-c2c(-c3ccc(Cc4nccc(C)n4)c(F)c3)c3c(N)ncnc3n2C)cc1.C=C(C)C(=O)Nc1ccc(-c2c(C3=CC[C@H](C(=O)N4CCCC4)CC3)c3c(N)ncnc3n2C)c(C)c1. The number of likely N-dealkylation sites (tertiary alicyclic amines) is 1. The molecular formula is C113H104F3N25O6. The number of aryl methyl sites for hydroxylation is 12. The summed E-state index contributed by atoms with van der Waals surface area (Å²) in [5.74, 6) is 5.40. The fraction of sp³-hybridized carbons (Fsp3) is 0.212. The lowest BCUT2D eigenvalue weighted by atomic mass is 9.84. The minimum absolute atomic E-state index is 0.0109. The van der Waals surface area contributed by atoms with Crippen molar-refractivity contribution in [1.82, 2.24) is 103 Å². The Morgan fingerprint density at radius 1 is 0.463 bits per heavy atom. The number of halogens is 3. The van der Waals surface area contributed by atoms with Crippen LogP contribution in [-0.2, 0) is 49.0 Å². The summed E-state index contributed by atoms with van der Waals surface area (Å²) in [4.78, 5) is 109. The molecule has 13 aromatic heterocycles. The number of amides is 3. The average molecular weight is 1970 g/mol. The van der Waals surface area contributed by atoms with Crippen LogP contribution in [-0.4, -0.2) is 141 Å². The number of nitrogens with zero attached hydrogens (tertiary/aromatic N) is 21. The highest BCUT2D eigenvalue weighted by Crippen LogP contribution is 2.50. The zero-order valence-electron chi connectivity index (χ0n) is 83.8. The minimum atomic E-state index is -0.567. The second kappa shape index (κ2) is 42.4.